The lowest BCUT2D eigenvalue weighted by Gasteiger charge is -2.16. The Labute approximate surface area is 195 Å². The number of fused-ring (bicyclic) bond motifs is 1. The normalized spacial score (nSPS) is 12.6. The molecule has 1 aliphatic carbocycles. The van der Waals surface area contributed by atoms with Crippen LogP contribution in [0.1, 0.15) is 47.2 Å². The highest BCUT2D eigenvalue weighted by Crippen LogP contribution is 2.24. The molecular weight excluding hydrogens is 444 g/mol. The molecule has 8 nitrogen and oxygen atoms in total. The number of amides is 1. The number of nitrogens with one attached hydrogen (secondary N) is 1. The van der Waals surface area contributed by atoms with Crippen LogP contribution in [0.4, 0.5) is 5.69 Å². The third-order valence-electron chi connectivity index (χ3n) is 5.49. The number of hydrogen-bond donors (Lipinski definition) is 1. The number of hydrogen-bond acceptors (Lipinski definition) is 6. The summed E-state index contributed by atoms with van der Waals surface area (Å²) in [4.78, 5) is 40.8. The van der Waals surface area contributed by atoms with Gasteiger partial charge in [-0.05, 0) is 61.1 Å². The van der Waals surface area contributed by atoms with Gasteiger partial charge in [-0.3, -0.25) is 14.4 Å². The van der Waals surface area contributed by atoms with Crippen LogP contribution in [0.5, 0.6) is 0 Å². The van der Waals surface area contributed by atoms with Gasteiger partial charge < -0.3 is 10.1 Å². The van der Waals surface area contributed by atoms with Gasteiger partial charge in [-0.25, -0.2) is 9.67 Å². The predicted octanol–water partition coefficient (Wildman–Crippen LogP) is 3.94. The molecule has 0 aliphatic heterocycles. The third kappa shape index (κ3) is 5.84. The summed E-state index contributed by atoms with van der Waals surface area (Å²) in [6.45, 7) is -0.477. The molecule has 1 aromatic heterocycles. The molecule has 3 aromatic rings. The van der Waals surface area contributed by atoms with Crippen molar-refractivity contribution in [3.63, 3.8) is 0 Å². The molecule has 0 unspecified atom stereocenters. The van der Waals surface area contributed by atoms with Crippen molar-refractivity contribution in [3.05, 3.63) is 70.8 Å². The molecule has 170 valence electrons. The highest BCUT2D eigenvalue weighted by molar-refractivity contribution is 6.31. The second-order valence-corrected chi connectivity index (χ2v) is 8.26. The van der Waals surface area contributed by atoms with Gasteiger partial charge >= 0.3 is 5.97 Å². The van der Waals surface area contributed by atoms with Crippen molar-refractivity contribution in [1.82, 2.24) is 14.8 Å². The van der Waals surface area contributed by atoms with E-state index >= 15 is 0 Å². The van der Waals surface area contributed by atoms with Gasteiger partial charge in [0, 0.05) is 17.0 Å². The molecule has 0 atom stereocenters. The zero-order chi connectivity index (χ0) is 23.2. The summed E-state index contributed by atoms with van der Waals surface area (Å²) in [5.74, 6) is -1.26. The molecule has 0 spiro atoms. The monoisotopic (exact) mass is 466 g/mol. The standard InChI is InChI=1S/C24H23ClN4O4/c25-19-7-8-21(29-15-26-14-27-29)20(12-19)28-23(31)13-33-24(32)10-9-22(30)18-6-5-16-3-1-2-4-17(16)11-18/h5-8,11-12,14-15H,1-4,9-10,13H2,(H,28,31). The van der Waals surface area contributed by atoms with E-state index in [1.807, 2.05) is 18.2 Å². The Morgan fingerprint density at radius 3 is 2.64 bits per heavy atom. The second kappa shape index (κ2) is 10.4. The number of rotatable bonds is 8. The first-order chi connectivity index (χ1) is 16.0. The summed E-state index contributed by atoms with van der Waals surface area (Å²) < 4.78 is 6.52. The van der Waals surface area contributed by atoms with E-state index in [0.717, 1.165) is 19.3 Å². The van der Waals surface area contributed by atoms with Crippen molar-refractivity contribution in [2.45, 2.75) is 38.5 Å². The fourth-order valence-electron chi connectivity index (χ4n) is 3.81. The molecule has 1 aliphatic rings. The van der Waals surface area contributed by atoms with Crippen molar-refractivity contribution < 1.29 is 19.1 Å². The lowest BCUT2D eigenvalue weighted by atomic mass is 9.89. The Morgan fingerprint density at radius 2 is 1.85 bits per heavy atom. The van der Waals surface area contributed by atoms with E-state index in [9.17, 15) is 14.4 Å². The van der Waals surface area contributed by atoms with Gasteiger partial charge in [0.1, 0.15) is 12.7 Å². The number of carbonyl (C=O) groups is 3. The lowest BCUT2D eigenvalue weighted by molar-refractivity contribution is -0.147. The smallest absolute Gasteiger partial charge is 0.306 e. The Kier molecular flexibility index (Phi) is 7.14. The highest BCUT2D eigenvalue weighted by atomic mass is 35.5. The maximum atomic E-state index is 12.5. The Balaban J connectivity index is 1.27. The van der Waals surface area contributed by atoms with Crippen LogP contribution in [0.15, 0.2) is 49.1 Å². The summed E-state index contributed by atoms with van der Waals surface area (Å²) >= 11 is 6.04. The Bertz CT molecular complexity index is 1180. The number of esters is 1. The zero-order valence-corrected chi connectivity index (χ0v) is 18.7. The summed E-state index contributed by atoms with van der Waals surface area (Å²) in [6, 6.07) is 10.7. The average molecular weight is 467 g/mol. The molecule has 1 heterocycles. The van der Waals surface area contributed by atoms with Crippen molar-refractivity contribution in [2.75, 3.05) is 11.9 Å². The maximum absolute atomic E-state index is 12.5. The van der Waals surface area contributed by atoms with Gasteiger partial charge in [-0.2, -0.15) is 5.10 Å². The van der Waals surface area contributed by atoms with Crippen LogP contribution in [0.2, 0.25) is 5.02 Å². The minimum atomic E-state index is -0.612. The molecule has 2 aromatic carbocycles. The highest BCUT2D eigenvalue weighted by Gasteiger charge is 2.16. The van der Waals surface area contributed by atoms with Crippen LogP contribution in [0.25, 0.3) is 5.69 Å². The summed E-state index contributed by atoms with van der Waals surface area (Å²) in [5.41, 5.74) is 4.10. The van der Waals surface area contributed by atoms with Crippen LogP contribution in [0, 0.1) is 0 Å². The molecule has 33 heavy (non-hydrogen) atoms. The largest absolute Gasteiger partial charge is 0.456 e. The van der Waals surface area contributed by atoms with Crippen LogP contribution < -0.4 is 5.32 Å². The minimum absolute atomic E-state index is 0.0317. The molecule has 0 bridgehead atoms. The van der Waals surface area contributed by atoms with E-state index in [4.69, 9.17) is 16.3 Å². The number of carbonyl (C=O) groups excluding carboxylic acids is 3. The molecule has 0 fully saturated rings. The summed E-state index contributed by atoms with van der Waals surface area (Å²) in [5, 5.41) is 7.12. The quantitative estimate of drug-likeness (QED) is 0.398. The van der Waals surface area contributed by atoms with Crippen LogP contribution in [-0.4, -0.2) is 39.0 Å². The third-order valence-corrected chi connectivity index (χ3v) is 5.72. The van der Waals surface area contributed by atoms with Gasteiger partial charge in [-0.15, -0.1) is 0 Å². The zero-order valence-electron chi connectivity index (χ0n) is 17.9. The van der Waals surface area contributed by atoms with Gasteiger partial charge in [-0.1, -0.05) is 23.7 Å². The second-order valence-electron chi connectivity index (χ2n) is 7.82. The number of Topliss-reactive ketones (excluding diaryl/α,β-unsaturated/α-hetero) is 1. The first-order valence-electron chi connectivity index (χ1n) is 10.7. The average Bonchev–Trinajstić information content (AvgIpc) is 3.35. The van der Waals surface area contributed by atoms with Crippen LogP contribution in [-0.2, 0) is 27.2 Å². The molecule has 0 saturated heterocycles. The van der Waals surface area contributed by atoms with Crippen molar-refractivity contribution in [2.24, 2.45) is 0 Å². The van der Waals surface area contributed by atoms with Gasteiger partial charge in [0.2, 0.25) is 0 Å². The number of benzene rings is 2. The van der Waals surface area contributed by atoms with E-state index in [1.54, 1.807) is 18.2 Å². The fourth-order valence-corrected chi connectivity index (χ4v) is 3.98. The van der Waals surface area contributed by atoms with E-state index < -0.39 is 18.5 Å². The predicted molar refractivity (Wildman–Crippen MR) is 123 cm³/mol. The van der Waals surface area contributed by atoms with Crippen molar-refractivity contribution >= 4 is 34.9 Å². The number of aromatic nitrogens is 3. The summed E-state index contributed by atoms with van der Waals surface area (Å²) in [7, 11) is 0. The number of aryl methyl sites for hydroxylation is 2. The topological polar surface area (TPSA) is 103 Å². The molecule has 4 rings (SSSR count). The van der Waals surface area contributed by atoms with E-state index in [2.05, 4.69) is 15.4 Å². The number of halogens is 1. The number of anilines is 1. The van der Waals surface area contributed by atoms with E-state index in [0.29, 0.717) is 22.0 Å². The summed E-state index contributed by atoms with van der Waals surface area (Å²) in [6.07, 6.45) is 7.14. The lowest BCUT2D eigenvalue weighted by Crippen LogP contribution is -2.22. The molecular formula is C24H23ClN4O4. The molecule has 0 radical (unpaired) electrons. The molecule has 9 heteroatoms. The van der Waals surface area contributed by atoms with Crippen molar-refractivity contribution in [1.29, 1.82) is 0 Å². The molecule has 1 amide bonds. The van der Waals surface area contributed by atoms with Crippen LogP contribution in [0.3, 0.4) is 0 Å². The first kappa shape index (κ1) is 22.7. The maximum Gasteiger partial charge on any atom is 0.306 e. The Hall–Kier alpha value is -3.52. The van der Waals surface area contributed by atoms with Crippen molar-refractivity contribution in [3.8, 4) is 5.69 Å². The molecule has 1 N–H and O–H groups in total. The number of ether oxygens (including phenoxy) is 1. The SMILES string of the molecule is O=C(COC(=O)CCC(=O)c1ccc2c(c1)CCCC2)Nc1cc(Cl)ccc1-n1cncn1. The van der Waals surface area contributed by atoms with Crippen LogP contribution >= 0.6 is 11.6 Å². The van der Waals surface area contributed by atoms with E-state index in [1.165, 1.54) is 34.9 Å². The van der Waals surface area contributed by atoms with Gasteiger partial charge in [0.25, 0.3) is 5.91 Å². The van der Waals surface area contributed by atoms with Gasteiger partial charge in [0.05, 0.1) is 17.8 Å². The first-order valence-corrected chi connectivity index (χ1v) is 11.1. The fraction of sp³-hybridized carbons (Fsp3) is 0.292. The van der Waals surface area contributed by atoms with E-state index in [-0.39, 0.29) is 18.6 Å². The Morgan fingerprint density at radius 1 is 1.03 bits per heavy atom. The van der Waals surface area contributed by atoms with Gasteiger partial charge in [0.15, 0.2) is 12.4 Å². The minimum Gasteiger partial charge on any atom is -0.456 e. The number of nitrogens with zero attached hydrogens (tertiary/aromatic N) is 3. The number of ketones is 1. The molecule has 0 saturated carbocycles.